The molecule has 1 atom stereocenters. The van der Waals surface area contributed by atoms with Crippen LogP contribution in [0.15, 0.2) is 24.3 Å². The van der Waals surface area contributed by atoms with E-state index in [0.717, 1.165) is 18.4 Å². The Morgan fingerprint density at radius 2 is 2.05 bits per heavy atom. The zero-order valence-electron chi connectivity index (χ0n) is 11.4. The lowest BCUT2D eigenvalue weighted by molar-refractivity contribution is -0.160. The summed E-state index contributed by atoms with van der Waals surface area (Å²) in [6.45, 7) is 2.12. The van der Waals surface area contributed by atoms with Gasteiger partial charge in [0.15, 0.2) is 0 Å². The van der Waals surface area contributed by atoms with E-state index in [0.29, 0.717) is 18.0 Å². The van der Waals surface area contributed by atoms with E-state index in [-0.39, 0.29) is 12.3 Å². The van der Waals surface area contributed by atoms with Gasteiger partial charge in [0.2, 0.25) is 5.91 Å². The van der Waals surface area contributed by atoms with E-state index in [4.69, 9.17) is 11.6 Å². The maximum Gasteiger partial charge on any atom is 0.329 e. The molecule has 1 fully saturated rings. The van der Waals surface area contributed by atoms with Gasteiger partial charge in [-0.25, -0.2) is 4.79 Å². The van der Waals surface area contributed by atoms with Crippen molar-refractivity contribution in [1.82, 2.24) is 4.90 Å². The summed E-state index contributed by atoms with van der Waals surface area (Å²) >= 11 is 6.05. The second-order valence-corrected chi connectivity index (χ2v) is 5.76. The summed E-state index contributed by atoms with van der Waals surface area (Å²) in [6, 6.07) is 7.15. The van der Waals surface area contributed by atoms with Crippen LogP contribution in [0.5, 0.6) is 0 Å². The maximum absolute atomic E-state index is 12.4. The zero-order valence-corrected chi connectivity index (χ0v) is 12.2. The molecule has 0 aromatic heterocycles. The molecule has 1 heterocycles. The van der Waals surface area contributed by atoms with Crippen LogP contribution in [0.3, 0.4) is 0 Å². The number of nitrogens with zero attached hydrogens (tertiary/aromatic N) is 1. The highest BCUT2D eigenvalue weighted by Gasteiger charge is 2.43. The molecule has 5 heteroatoms. The number of amides is 1. The number of carboxylic acids is 1. The molecule has 0 spiro atoms. The Bertz CT molecular complexity index is 532. The van der Waals surface area contributed by atoms with Crippen LogP contribution in [0.4, 0.5) is 0 Å². The SMILES string of the molecule is CC1(C(=O)O)CCCCN1C(=O)Cc1ccccc1Cl. The van der Waals surface area contributed by atoms with Gasteiger partial charge in [0.05, 0.1) is 6.42 Å². The van der Waals surface area contributed by atoms with Gasteiger partial charge in [-0.2, -0.15) is 0 Å². The number of halogens is 1. The standard InChI is InChI=1S/C15H18ClNO3/c1-15(14(19)20)8-4-5-9-17(15)13(18)10-11-6-2-3-7-12(11)16/h2-3,6-7H,4-5,8-10H2,1H3,(H,19,20). The summed E-state index contributed by atoms with van der Waals surface area (Å²) in [4.78, 5) is 25.4. The van der Waals surface area contributed by atoms with Gasteiger partial charge >= 0.3 is 5.97 Å². The van der Waals surface area contributed by atoms with Gasteiger partial charge in [-0.05, 0) is 37.8 Å². The molecule has 1 aromatic carbocycles. The first kappa shape index (κ1) is 14.9. The van der Waals surface area contributed by atoms with Crippen LogP contribution in [0.1, 0.15) is 31.7 Å². The van der Waals surface area contributed by atoms with Crippen LogP contribution in [0.2, 0.25) is 5.02 Å². The third-order valence-corrected chi connectivity index (χ3v) is 4.32. The van der Waals surface area contributed by atoms with E-state index in [9.17, 15) is 14.7 Å². The Morgan fingerprint density at radius 1 is 1.35 bits per heavy atom. The minimum atomic E-state index is -1.10. The highest BCUT2D eigenvalue weighted by molar-refractivity contribution is 6.31. The molecule has 0 saturated carbocycles. The van der Waals surface area contributed by atoms with Crippen molar-refractivity contribution >= 4 is 23.5 Å². The molecule has 0 radical (unpaired) electrons. The molecule has 1 aliphatic rings. The van der Waals surface area contributed by atoms with Gasteiger partial charge in [0.25, 0.3) is 0 Å². The van der Waals surface area contributed by atoms with Crippen LogP contribution >= 0.6 is 11.6 Å². The number of carboxylic acid groups (broad SMARTS) is 1. The van der Waals surface area contributed by atoms with Crippen molar-refractivity contribution in [3.8, 4) is 0 Å². The molecular weight excluding hydrogens is 278 g/mol. The van der Waals surface area contributed by atoms with Gasteiger partial charge in [0.1, 0.15) is 5.54 Å². The lowest BCUT2D eigenvalue weighted by atomic mass is 9.88. The molecule has 1 unspecified atom stereocenters. The lowest BCUT2D eigenvalue weighted by Gasteiger charge is -2.41. The fourth-order valence-electron chi connectivity index (χ4n) is 2.64. The fraction of sp³-hybridized carbons (Fsp3) is 0.467. The molecule has 1 aromatic rings. The first-order valence-corrected chi connectivity index (χ1v) is 7.10. The van der Waals surface area contributed by atoms with Gasteiger partial charge < -0.3 is 10.0 Å². The van der Waals surface area contributed by atoms with E-state index in [2.05, 4.69) is 0 Å². The Hall–Kier alpha value is -1.55. The van der Waals surface area contributed by atoms with Crippen molar-refractivity contribution in [2.45, 2.75) is 38.1 Å². The fourth-order valence-corrected chi connectivity index (χ4v) is 2.85. The van der Waals surface area contributed by atoms with Gasteiger partial charge in [-0.3, -0.25) is 4.79 Å². The van der Waals surface area contributed by atoms with Crippen LogP contribution < -0.4 is 0 Å². The van der Waals surface area contributed by atoms with E-state index < -0.39 is 11.5 Å². The van der Waals surface area contributed by atoms with Crippen molar-refractivity contribution < 1.29 is 14.7 Å². The molecule has 20 heavy (non-hydrogen) atoms. The minimum absolute atomic E-state index is 0.141. The highest BCUT2D eigenvalue weighted by atomic mass is 35.5. The van der Waals surface area contributed by atoms with Gasteiger partial charge in [0, 0.05) is 11.6 Å². The zero-order chi connectivity index (χ0) is 14.8. The summed E-state index contributed by atoms with van der Waals surface area (Å²) in [5.74, 6) is -1.12. The number of aliphatic carboxylic acids is 1. The number of hydrogen-bond donors (Lipinski definition) is 1. The quantitative estimate of drug-likeness (QED) is 0.933. The van der Waals surface area contributed by atoms with Crippen LogP contribution in [-0.4, -0.2) is 34.0 Å². The van der Waals surface area contributed by atoms with Crippen molar-refractivity contribution in [1.29, 1.82) is 0 Å². The van der Waals surface area contributed by atoms with E-state index >= 15 is 0 Å². The summed E-state index contributed by atoms with van der Waals surface area (Å²) in [6.07, 6.45) is 2.31. The summed E-state index contributed by atoms with van der Waals surface area (Å²) in [5.41, 5.74) is -0.367. The van der Waals surface area contributed by atoms with Crippen molar-refractivity contribution in [3.05, 3.63) is 34.9 Å². The normalized spacial score (nSPS) is 22.6. The van der Waals surface area contributed by atoms with E-state index in [1.165, 1.54) is 4.90 Å². The molecule has 1 aliphatic heterocycles. The topological polar surface area (TPSA) is 57.6 Å². The average Bonchev–Trinajstić information content (AvgIpc) is 2.41. The van der Waals surface area contributed by atoms with Gasteiger partial charge in [-0.15, -0.1) is 0 Å². The minimum Gasteiger partial charge on any atom is -0.480 e. The predicted molar refractivity (Wildman–Crippen MR) is 76.8 cm³/mol. The van der Waals surface area contributed by atoms with Crippen molar-refractivity contribution in [3.63, 3.8) is 0 Å². The summed E-state index contributed by atoms with van der Waals surface area (Å²) in [5, 5.41) is 9.95. The predicted octanol–water partition coefficient (Wildman–Crippen LogP) is 2.74. The van der Waals surface area contributed by atoms with Crippen molar-refractivity contribution in [2.24, 2.45) is 0 Å². The molecule has 1 amide bonds. The number of rotatable bonds is 3. The summed E-state index contributed by atoms with van der Waals surface area (Å²) < 4.78 is 0. The van der Waals surface area contributed by atoms with Gasteiger partial charge in [-0.1, -0.05) is 29.8 Å². The molecule has 0 aliphatic carbocycles. The smallest absolute Gasteiger partial charge is 0.329 e. The molecule has 1 saturated heterocycles. The number of carbonyl (C=O) groups excluding carboxylic acids is 1. The maximum atomic E-state index is 12.4. The van der Waals surface area contributed by atoms with E-state index in [1.807, 2.05) is 6.07 Å². The summed E-state index contributed by atoms with van der Waals surface area (Å²) in [7, 11) is 0. The molecule has 1 N–H and O–H groups in total. The third kappa shape index (κ3) is 2.80. The Labute approximate surface area is 123 Å². The highest BCUT2D eigenvalue weighted by Crippen LogP contribution is 2.29. The number of carbonyl (C=O) groups is 2. The monoisotopic (exact) mass is 295 g/mol. The number of hydrogen-bond acceptors (Lipinski definition) is 2. The molecular formula is C15H18ClNO3. The largest absolute Gasteiger partial charge is 0.480 e. The Kier molecular flexibility index (Phi) is 4.33. The lowest BCUT2D eigenvalue weighted by Crippen LogP contribution is -2.57. The third-order valence-electron chi connectivity index (χ3n) is 3.95. The Balaban J connectivity index is 2.19. The second kappa shape index (κ2) is 5.83. The molecule has 0 bridgehead atoms. The van der Waals surface area contributed by atoms with Crippen LogP contribution in [-0.2, 0) is 16.0 Å². The number of likely N-dealkylation sites (tertiary alicyclic amines) is 1. The van der Waals surface area contributed by atoms with Crippen LogP contribution in [0.25, 0.3) is 0 Å². The molecule has 4 nitrogen and oxygen atoms in total. The number of benzene rings is 1. The Morgan fingerprint density at radius 3 is 2.70 bits per heavy atom. The first-order chi connectivity index (χ1) is 9.45. The molecule has 108 valence electrons. The van der Waals surface area contributed by atoms with Crippen LogP contribution in [0, 0.1) is 0 Å². The van der Waals surface area contributed by atoms with Crippen molar-refractivity contribution in [2.75, 3.05) is 6.54 Å². The molecule has 2 rings (SSSR count). The van der Waals surface area contributed by atoms with E-state index in [1.54, 1.807) is 25.1 Å². The first-order valence-electron chi connectivity index (χ1n) is 6.72. The average molecular weight is 296 g/mol. The number of piperidine rings is 1. The second-order valence-electron chi connectivity index (χ2n) is 5.35.